The molecule has 0 amide bonds. The van der Waals surface area contributed by atoms with Gasteiger partial charge in [-0.1, -0.05) is 25.1 Å². The van der Waals surface area contributed by atoms with E-state index in [-0.39, 0.29) is 11.7 Å². The normalized spacial score (nSPS) is 19.5. The van der Waals surface area contributed by atoms with Crippen LogP contribution in [-0.2, 0) is 22.2 Å². The van der Waals surface area contributed by atoms with Crippen LogP contribution in [0.1, 0.15) is 31.4 Å². The summed E-state index contributed by atoms with van der Waals surface area (Å²) < 4.78 is 69.9. The third-order valence-electron chi connectivity index (χ3n) is 6.70. The summed E-state index contributed by atoms with van der Waals surface area (Å²) >= 11 is 0. The summed E-state index contributed by atoms with van der Waals surface area (Å²) in [5.41, 5.74) is 1.81. The molecule has 1 fully saturated rings. The molecule has 2 aromatic carbocycles. The number of hydrogen-bond donors (Lipinski definition) is 3. The van der Waals surface area contributed by atoms with E-state index in [1.54, 1.807) is 19.2 Å². The molecule has 0 bridgehead atoms. The molecule has 0 aliphatic carbocycles. The first-order valence-corrected chi connectivity index (χ1v) is 14.5. The van der Waals surface area contributed by atoms with Gasteiger partial charge in [0.05, 0.1) is 28.8 Å². The number of aromatic nitrogens is 3. The largest absolute Gasteiger partial charge is 0.350 e. The summed E-state index contributed by atoms with van der Waals surface area (Å²) in [6.45, 7) is 4.43. The highest BCUT2D eigenvalue weighted by Gasteiger charge is 2.32. The maximum atomic E-state index is 15.0. The van der Waals surface area contributed by atoms with E-state index in [9.17, 15) is 17.2 Å². The Bertz CT molecular complexity index is 1650. The van der Waals surface area contributed by atoms with Crippen molar-refractivity contribution in [1.29, 1.82) is 0 Å². The van der Waals surface area contributed by atoms with Gasteiger partial charge in [-0.15, -0.1) is 0 Å². The minimum atomic E-state index is -3.94. The van der Waals surface area contributed by atoms with E-state index in [1.165, 1.54) is 36.4 Å². The number of hydrogen-bond acceptors (Lipinski definition) is 7. The molecule has 0 unspecified atom stereocenters. The van der Waals surface area contributed by atoms with Crippen LogP contribution in [0.15, 0.2) is 54.7 Å². The molecule has 5 rings (SSSR count). The number of rotatable bonds is 8. The predicted molar refractivity (Wildman–Crippen MR) is 149 cm³/mol. The summed E-state index contributed by atoms with van der Waals surface area (Å²) in [4.78, 5) is 13.6. The minimum absolute atomic E-state index is 0.159. The maximum absolute atomic E-state index is 15.0. The monoisotopic (exact) mass is 570 g/mol. The summed E-state index contributed by atoms with van der Waals surface area (Å²) in [6.07, 6.45) is 2.54. The second-order valence-corrected chi connectivity index (χ2v) is 11.9. The first-order chi connectivity index (χ1) is 19.0. The summed E-state index contributed by atoms with van der Waals surface area (Å²) in [5, 5.41) is 6.28. The maximum Gasteiger partial charge on any atom is 0.237 e. The number of sulfonamides is 1. The Morgan fingerprint density at radius 1 is 1.10 bits per heavy atom. The van der Waals surface area contributed by atoms with Crippen LogP contribution in [0.3, 0.4) is 0 Å². The highest BCUT2D eigenvalue weighted by atomic mass is 32.2. The molecule has 12 heteroatoms. The number of aryl methyl sites for hydroxylation is 1. The van der Waals surface area contributed by atoms with Crippen LogP contribution in [0.25, 0.3) is 22.3 Å². The zero-order valence-corrected chi connectivity index (χ0v) is 22.8. The van der Waals surface area contributed by atoms with Gasteiger partial charge < -0.3 is 10.6 Å². The molecule has 0 spiro atoms. The second-order valence-electron chi connectivity index (χ2n) is 10.2. The van der Waals surface area contributed by atoms with Crippen molar-refractivity contribution < 1.29 is 21.6 Å². The molecule has 1 aliphatic heterocycles. The number of alkyl halides is 1. The second kappa shape index (κ2) is 11.0. The first-order valence-electron chi connectivity index (χ1n) is 12.9. The van der Waals surface area contributed by atoms with Gasteiger partial charge in [-0.25, -0.2) is 36.5 Å². The Morgan fingerprint density at radius 3 is 2.58 bits per heavy atom. The van der Waals surface area contributed by atoms with Crippen LogP contribution < -0.4 is 15.4 Å². The fourth-order valence-corrected chi connectivity index (χ4v) is 5.99. The lowest BCUT2D eigenvalue weighted by molar-refractivity contribution is 0.137. The molecule has 210 valence electrons. The number of fused-ring (bicyclic) bond motifs is 1. The van der Waals surface area contributed by atoms with Gasteiger partial charge >= 0.3 is 0 Å². The van der Waals surface area contributed by atoms with Crippen LogP contribution in [0, 0.1) is 11.6 Å². The molecule has 2 atom stereocenters. The van der Waals surface area contributed by atoms with E-state index < -0.39 is 33.1 Å². The summed E-state index contributed by atoms with van der Waals surface area (Å²) in [5.74, 6) is -1.29. The molecule has 1 saturated heterocycles. The number of anilines is 2. The Kier molecular flexibility index (Phi) is 7.65. The van der Waals surface area contributed by atoms with Crippen LogP contribution in [0.2, 0.25) is 0 Å². The van der Waals surface area contributed by atoms with Crippen molar-refractivity contribution in [3.05, 3.63) is 77.5 Å². The Morgan fingerprint density at radius 2 is 1.88 bits per heavy atom. The third-order valence-corrected chi connectivity index (χ3v) is 7.94. The van der Waals surface area contributed by atoms with Crippen molar-refractivity contribution in [2.45, 2.75) is 44.2 Å². The predicted octanol–water partition coefficient (Wildman–Crippen LogP) is 4.98. The molecule has 4 aromatic rings. The molecule has 2 aromatic heterocycles. The van der Waals surface area contributed by atoms with Gasteiger partial charge in [0.15, 0.2) is 0 Å². The molecular weight excluding hydrogens is 541 g/mol. The topological polar surface area (TPSA) is 109 Å². The van der Waals surface area contributed by atoms with E-state index >= 15 is 4.39 Å². The fourth-order valence-electron chi connectivity index (χ4n) is 4.79. The van der Waals surface area contributed by atoms with Gasteiger partial charge in [0.2, 0.25) is 16.0 Å². The standard InChI is InChI=1S/C28H29F3N6O2S/c1-3-18-11-24(35-25-14-33-27(36-26(18)25)34-21-12-28(2,31)16-32-13-21)19-6-9-23(22(30)10-19)37-40(38,39)15-17-4-7-20(29)8-5-17/h4-11,14,21,32,37H,3,12-13,15-16H2,1-2H3,(H,33,34,36)/t21-,28-/m0/s1. The molecule has 40 heavy (non-hydrogen) atoms. The van der Waals surface area contributed by atoms with Crippen LogP contribution in [0.5, 0.6) is 0 Å². The molecule has 3 N–H and O–H groups in total. The minimum Gasteiger partial charge on any atom is -0.350 e. The van der Waals surface area contributed by atoms with Crippen molar-refractivity contribution in [3.8, 4) is 11.3 Å². The first kappa shape index (κ1) is 27.8. The van der Waals surface area contributed by atoms with Crippen molar-refractivity contribution in [2.75, 3.05) is 23.1 Å². The number of halogens is 3. The van der Waals surface area contributed by atoms with Gasteiger partial charge in [0, 0.05) is 31.1 Å². The van der Waals surface area contributed by atoms with Gasteiger partial charge in [-0.3, -0.25) is 4.72 Å². The zero-order valence-electron chi connectivity index (χ0n) is 22.0. The van der Waals surface area contributed by atoms with Crippen molar-refractivity contribution in [3.63, 3.8) is 0 Å². The lowest BCUT2D eigenvalue weighted by Crippen LogP contribution is -2.50. The number of piperidine rings is 1. The Balaban J connectivity index is 1.36. The smallest absolute Gasteiger partial charge is 0.237 e. The van der Waals surface area contributed by atoms with Gasteiger partial charge in [-0.05, 0) is 54.8 Å². The van der Waals surface area contributed by atoms with Crippen molar-refractivity contribution >= 4 is 32.7 Å². The Labute approximate surface area is 230 Å². The highest BCUT2D eigenvalue weighted by Crippen LogP contribution is 2.29. The molecule has 1 aliphatic rings. The van der Waals surface area contributed by atoms with Crippen LogP contribution in [0.4, 0.5) is 24.8 Å². The zero-order chi connectivity index (χ0) is 28.5. The van der Waals surface area contributed by atoms with Crippen LogP contribution in [-0.4, -0.2) is 48.2 Å². The molecular formula is C28H29F3N6O2S. The number of benzene rings is 2. The van der Waals surface area contributed by atoms with Gasteiger partial charge in [-0.2, -0.15) is 0 Å². The van der Waals surface area contributed by atoms with Gasteiger partial charge in [0.1, 0.15) is 22.8 Å². The highest BCUT2D eigenvalue weighted by molar-refractivity contribution is 7.91. The summed E-state index contributed by atoms with van der Waals surface area (Å²) in [6, 6.07) is 10.8. The molecule has 3 heterocycles. The number of pyridine rings is 1. The Hall–Kier alpha value is -3.77. The van der Waals surface area contributed by atoms with E-state index in [0.717, 1.165) is 5.56 Å². The molecule has 8 nitrogen and oxygen atoms in total. The average molecular weight is 571 g/mol. The SMILES string of the molecule is CCc1cc(-c2ccc(NS(=O)(=O)Cc3ccc(F)cc3)c(F)c2)nc2cnc(N[C@@H]3CNC[C@@](C)(F)C3)nc12. The van der Waals surface area contributed by atoms with E-state index in [1.807, 2.05) is 13.0 Å². The average Bonchev–Trinajstić information content (AvgIpc) is 2.90. The molecule has 0 radical (unpaired) electrons. The fraction of sp³-hybridized carbons (Fsp3) is 0.321. The van der Waals surface area contributed by atoms with E-state index in [0.29, 0.717) is 59.7 Å². The van der Waals surface area contributed by atoms with E-state index in [2.05, 4.69) is 30.3 Å². The number of nitrogens with one attached hydrogen (secondary N) is 3. The van der Waals surface area contributed by atoms with Crippen LogP contribution >= 0.6 is 0 Å². The number of nitrogens with zero attached hydrogens (tertiary/aromatic N) is 3. The quantitative estimate of drug-likeness (QED) is 0.274. The summed E-state index contributed by atoms with van der Waals surface area (Å²) in [7, 11) is -3.94. The van der Waals surface area contributed by atoms with Gasteiger partial charge in [0.25, 0.3) is 0 Å². The van der Waals surface area contributed by atoms with Crippen molar-refractivity contribution in [2.24, 2.45) is 0 Å². The lowest BCUT2D eigenvalue weighted by atomic mass is 9.95. The lowest BCUT2D eigenvalue weighted by Gasteiger charge is -2.33. The van der Waals surface area contributed by atoms with E-state index in [4.69, 9.17) is 0 Å². The molecule has 0 saturated carbocycles. The third kappa shape index (κ3) is 6.50. The van der Waals surface area contributed by atoms with Crippen molar-refractivity contribution in [1.82, 2.24) is 20.3 Å².